The van der Waals surface area contributed by atoms with Crippen LogP contribution in [0, 0.1) is 26.7 Å². The molecule has 1 aromatic carbocycles. The molecule has 2 aromatic rings. The van der Waals surface area contributed by atoms with E-state index in [9.17, 15) is 8.42 Å². The summed E-state index contributed by atoms with van der Waals surface area (Å²) in [5.74, 6) is 0.540. The van der Waals surface area contributed by atoms with Gasteiger partial charge in [-0.05, 0) is 56.0 Å². The first-order valence-corrected chi connectivity index (χ1v) is 10.5. The van der Waals surface area contributed by atoms with E-state index in [1.807, 2.05) is 51.2 Å². The fourth-order valence-electron chi connectivity index (χ4n) is 4.57. The quantitative estimate of drug-likeness (QED) is 0.881. The van der Waals surface area contributed by atoms with Gasteiger partial charge in [0.15, 0.2) is 0 Å². The second-order valence-corrected chi connectivity index (χ2v) is 9.47. The van der Waals surface area contributed by atoms with Crippen LogP contribution in [0.5, 0.6) is 0 Å². The lowest BCUT2D eigenvalue weighted by molar-refractivity contribution is 0.349. The van der Waals surface area contributed by atoms with E-state index in [0.29, 0.717) is 18.0 Å². The number of sulfonamides is 1. The van der Waals surface area contributed by atoms with Crippen molar-refractivity contribution in [2.75, 3.05) is 19.6 Å². The summed E-state index contributed by atoms with van der Waals surface area (Å²) in [6, 6.07) is 7.81. The van der Waals surface area contributed by atoms with Crippen molar-refractivity contribution in [2.24, 2.45) is 5.92 Å². The second-order valence-electron chi connectivity index (χ2n) is 7.60. The van der Waals surface area contributed by atoms with Crippen molar-refractivity contribution >= 4 is 10.0 Å². The normalized spacial score (nSPS) is 23.3. The fraction of sp³-hybridized carbons (Fsp3) is 0.450. The molecule has 1 N–H and O–H groups in total. The number of pyridine rings is 1. The average molecular weight is 372 g/mol. The Hall–Kier alpha value is -1.76. The SMILES string of the molecule is Cc1cc(C)c(S(=O)(=O)N2Cc3cccnc3[C@H]3CNC[C@@H]3C2)c(C)c1. The Morgan fingerprint density at radius 3 is 2.62 bits per heavy atom. The number of benzene rings is 1. The van der Waals surface area contributed by atoms with Crippen LogP contribution in [0.2, 0.25) is 0 Å². The van der Waals surface area contributed by atoms with Crippen LogP contribution in [0.25, 0.3) is 0 Å². The summed E-state index contributed by atoms with van der Waals surface area (Å²) in [6.07, 6.45) is 1.81. The maximum atomic E-state index is 13.6. The van der Waals surface area contributed by atoms with Gasteiger partial charge in [0.05, 0.1) is 4.90 Å². The van der Waals surface area contributed by atoms with E-state index in [1.165, 1.54) is 0 Å². The summed E-state index contributed by atoms with van der Waals surface area (Å²) >= 11 is 0. The molecule has 0 radical (unpaired) electrons. The van der Waals surface area contributed by atoms with Crippen LogP contribution in [-0.4, -0.2) is 37.3 Å². The molecule has 2 aliphatic heterocycles. The van der Waals surface area contributed by atoms with Crippen molar-refractivity contribution in [2.45, 2.75) is 38.1 Å². The second kappa shape index (κ2) is 6.44. The minimum Gasteiger partial charge on any atom is -0.316 e. The summed E-state index contributed by atoms with van der Waals surface area (Å²) < 4.78 is 28.8. The average Bonchev–Trinajstić information content (AvgIpc) is 2.95. The first-order chi connectivity index (χ1) is 12.4. The van der Waals surface area contributed by atoms with Gasteiger partial charge in [0.25, 0.3) is 0 Å². The van der Waals surface area contributed by atoms with Crippen molar-refractivity contribution in [1.29, 1.82) is 0 Å². The van der Waals surface area contributed by atoms with Crippen LogP contribution < -0.4 is 5.32 Å². The number of hydrogen-bond donors (Lipinski definition) is 1. The van der Waals surface area contributed by atoms with Crippen LogP contribution in [0.15, 0.2) is 35.4 Å². The van der Waals surface area contributed by atoms with Gasteiger partial charge in [0, 0.05) is 37.4 Å². The Bertz CT molecular complexity index is 932. The molecular formula is C20H25N3O2S. The van der Waals surface area contributed by atoms with Crippen molar-refractivity contribution in [1.82, 2.24) is 14.6 Å². The molecule has 1 fully saturated rings. The highest BCUT2D eigenvalue weighted by atomic mass is 32.2. The maximum absolute atomic E-state index is 13.6. The van der Waals surface area contributed by atoms with Gasteiger partial charge in [-0.2, -0.15) is 4.31 Å². The Morgan fingerprint density at radius 1 is 1.15 bits per heavy atom. The number of nitrogens with one attached hydrogen (secondary N) is 1. The molecule has 2 aliphatic rings. The Kier molecular flexibility index (Phi) is 4.37. The number of aromatic nitrogens is 1. The third-order valence-corrected chi connectivity index (χ3v) is 7.72. The third kappa shape index (κ3) is 2.86. The summed E-state index contributed by atoms with van der Waals surface area (Å²) in [6.45, 7) is 8.40. The minimum atomic E-state index is -3.57. The van der Waals surface area contributed by atoms with Crippen molar-refractivity contribution in [3.63, 3.8) is 0 Å². The molecule has 4 rings (SSSR count). The van der Waals surface area contributed by atoms with Gasteiger partial charge in [-0.15, -0.1) is 0 Å². The van der Waals surface area contributed by atoms with E-state index < -0.39 is 10.0 Å². The molecule has 0 bridgehead atoms. The minimum absolute atomic E-state index is 0.256. The highest BCUT2D eigenvalue weighted by Crippen LogP contribution is 2.36. The molecule has 0 saturated carbocycles. The molecule has 3 heterocycles. The zero-order valence-electron chi connectivity index (χ0n) is 15.5. The summed E-state index contributed by atoms with van der Waals surface area (Å²) in [5, 5.41) is 3.41. The van der Waals surface area contributed by atoms with Gasteiger partial charge < -0.3 is 5.32 Å². The van der Waals surface area contributed by atoms with Gasteiger partial charge in [-0.1, -0.05) is 23.8 Å². The Labute approximate surface area is 155 Å². The van der Waals surface area contributed by atoms with Gasteiger partial charge >= 0.3 is 0 Å². The summed E-state index contributed by atoms with van der Waals surface area (Å²) in [5.41, 5.74) is 4.80. The molecule has 0 unspecified atom stereocenters. The number of hydrogen-bond acceptors (Lipinski definition) is 4. The lowest BCUT2D eigenvalue weighted by Gasteiger charge is -2.25. The van der Waals surface area contributed by atoms with Crippen LogP contribution in [-0.2, 0) is 16.6 Å². The highest BCUT2D eigenvalue weighted by molar-refractivity contribution is 7.89. The molecule has 2 atom stereocenters. The van der Waals surface area contributed by atoms with Gasteiger partial charge in [0.1, 0.15) is 0 Å². The molecule has 138 valence electrons. The van der Waals surface area contributed by atoms with Gasteiger partial charge in [-0.25, -0.2) is 8.42 Å². The number of nitrogens with zero attached hydrogens (tertiary/aromatic N) is 2. The van der Waals surface area contributed by atoms with E-state index in [0.717, 1.165) is 41.0 Å². The number of fused-ring (bicyclic) bond motifs is 3. The van der Waals surface area contributed by atoms with Gasteiger partial charge in [0.2, 0.25) is 10.0 Å². The van der Waals surface area contributed by atoms with Crippen LogP contribution in [0.4, 0.5) is 0 Å². The first-order valence-electron chi connectivity index (χ1n) is 9.10. The molecule has 0 aliphatic carbocycles. The number of rotatable bonds is 2. The standard InChI is InChI=1S/C20H25N3O2S/c1-13-7-14(2)20(15(3)8-13)26(24,25)23-11-16-5-4-6-22-19(16)18-10-21-9-17(18)12-23/h4-8,17-18,21H,9-12H2,1-3H3/t17-,18+/m1/s1. The molecule has 26 heavy (non-hydrogen) atoms. The molecule has 1 aromatic heterocycles. The van der Waals surface area contributed by atoms with Crippen molar-refractivity contribution in [3.8, 4) is 0 Å². The number of aryl methyl sites for hydroxylation is 3. The Balaban J connectivity index is 1.81. The molecular weight excluding hydrogens is 346 g/mol. The third-order valence-electron chi connectivity index (χ3n) is 5.60. The fourth-order valence-corrected chi connectivity index (χ4v) is 6.45. The van der Waals surface area contributed by atoms with Crippen LogP contribution >= 0.6 is 0 Å². The largest absolute Gasteiger partial charge is 0.316 e. The topological polar surface area (TPSA) is 62.3 Å². The van der Waals surface area contributed by atoms with E-state index in [2.05, 4.69) is 10.3 Å². The molecule has 5 nitrogen and oxygen atoms in total. The predicted octanol–water partition coefficient (Wildman–Crippen LogP) is 2.51. The zero-order chi connectivity index (χ0) is 18.5. The molecule has 6 heteroatoms. The van der Waals surface area contributed by atoms with Gasteiger partial charge in [-0.3, -0.25) is 4.98 Å². The smallest absolute Gasteiger partial charge is 0.243 e. The van der Waals surface area contributed by atoms with E-state index in [1.54, 1.807) is 4.31 Å². The van der Waals surface area contributed by atoms with Crippen molar-refractivity contribution in [3.05, 3.63) is 58.4 Å². The summed E-state index contributed by atoms with van der Waals surface area (Å²) in [7, 11) is -3.57. The Morgan fingerprint density at radius 2 is 1.88 bits per heavy atom. The first kappa shape index (κ1) is 17.6. The molecule has 0 amide bonds. The van der Waals surface area contributed by atoms with Crippen LogP contribution in [0.1, 0.15) is 33.9 Å². The van der Waals surface area contributed by atoms with E-state index >= 15 is 0 Å². The van der Waals surface area contributed by atoms with Crippen molar-refractivity contribution < 1.29 is 8.42 Å². The maximum Gasteiger partial charge on any atom is 0.243 e. The van der Waals surface area contributed by atoms with E-state index in [4.69, 9.17) is 0 Å². The van der Waals surface area contributed by atoms with Crippen LogP contribution in [0.3, 0.4) is 0 Å². The highest BCUT2D eigenvalue weighted by Gasteiger charge is 2.39. The monoisotopic (exact) mass is 371 g/mol. The zero-order valence-corrected chi connectivity index (χ0v) is 16.3. The predicted molar refractivity (Wildman–Crippen MR) is 102 cm³/mol. The molecule has 1 saturated heterocycles. The molecule has 0 spiro atoms. The lowest BCUT2D eigenvalue weighted by Crippen LogP contribution is -2.35. The lowest BCUT2D eigenvalue weighted by atomic mass is 9.91. The van der Waals surface area contributed by atoms with E-state index in [-0.39, 0.29) is 11.8 Å². The summed E-state index contributed by atoms with van der Waals surface area (Å²) in [4.78, 5) is 5.05.